The molecule has 1 unspecified atom stereocenters. The van der Waals surface area contributed by atoms with Crippen LogP contribution in [0.15, 0.2) is 0 Å². The molecule has 0 aromatic rings. The third-order valence-electron chi connectivity index (χ3n) is 4.29. The van der Waals surface area contributed by atoms with Crippen LogP contribution in [0.4, 0.5) is 57.1 Å². The van der Waals surface area contributed by atoms with E-state index in [4.69, 9.17) is 0 Å². The second-order valence-corrected chi connectivity index (χ2v) is 10.9. The van der Waals surface area contributed by atoms with Crippen molar-refractivity contribution in [3.05, 3.63) is 0 Å². The zero-order valence-corrected chi connectivity index (χ0v) is 18.7. The lowest BCUT2D eigenvalue weighted by Gasteiger charge is -2.46. The number of hydrogen-bond donors (Lipinski definition) is 0. The number of hydrogen-bond acceptors (Lipinski definition) is 2. The molecule has 0 aliphatic rings. The van der Waals surface area contributed by atoms with Crippen LogP contribution >= 0.6 is 0 Å². The minimum Gasteiger partial charge on any atom is -0.388 e. The van der Waals surface area contributed by atoms with E-state index in [9.17, 15) is 57.1 Å². The van der Waals surface area contributed by atoms with E-state index >= 15 is 0 Å². The second-order valence-electron chi connectivity index (χ2n) is 7.55. The van der Waals surface area contributed by atoms with Crippen LogP contribution in [-0.4, -0.2) is 62.1 Å². The van der Waals surface area contributed by atoms with Gasteiger partial charge in [-0.2, -0.15) is 52.7 Å². The lowest BCUT2D eigenvalue weighted by molar-refractivity contribution is -0.423. The maximum Gasteiger partial charge on any atom is 0.422 e. The van der Waals surface area contributed by atoms with E-state index in [1.54, 1.807) is 0 Å². The Bertz CT molecular complexity index is 625. The molecular weight excluding hydrogens is 499 g/mol. The quantitative estimate of drug-likeness (QED) is 0.203. The summed E-state index contributed by atoms with van der Waals surface area (Å²) in [5, 5.41) is 0. The average molecular weight is 522 g/mol. The molecule has 0 heterocycles. The van der Waals surface area contributed by atoms with Crippen molar-refractivity contribution in [2.75, 3.05) is 0 Å². The Kier molecular flexibility index (Phi) is 8.89. The lowest BCUT2D eigenvalue weighted by Crippen LogP contribution is -2.77. The predicted octanol–water partition coefficient (Wildman–Crippen LogP) is 7.01. The van der Waals surface area contributed by atoms with Crippen molar-refractivity contribution in [3.63, 3.8) is 0 Å². The second kappa shape index (κ2) is 9.11. The maximum absolute atomic E-state index is 14.9. The normalized spacial score (nSPS) is 16.8. The number of rotatable bonds is 12. The van der Waals surface area contributed by atoms with Gasteiger partial charge >= 0.3 is 43.7 Å². The van der Waals surface area contributed by atoms with E-state index in [1.807, 2.05) is 0 Å². The summed E-state index contributed by atoms with van der Waals surface area (Å²) in [7, 11) is -5.98. The summed E-state index contributed by atoms with van der Waals surface area (Å²) in [6.07, 6.45) is -7.05. The molecule has 0 radical (unpaired) electrons. The van der Waals surface area contributed by atoms with Gasteiger partial charge in [0.25, 0.3) is 0 Å². The minimum absolute atomic E-state index is 0.434. The van der Waals surface area contributed by atoms with Crippen molar-refractivity contribution in [2.45, 2.75) is 101 Å². The van der Waals surface area contributed by atoms with Crippen LogP contribution in [0.1, 0.15) is 41.5 Å². The average Bonchev–Trinajstić information content (AvgIpc) is 2.58. The van der Waals surface area contributed by atoms with E-state index < -0.39 is 75.1 Å². The van der Waals surface area contributed by atoms with Gasteiger partial charge in [-0.25, -0.2) is 4.39 Å². The fourth-order valence-electron chi connectivity index (χ4n) is 2.62. The van der Waals surface area contributed by atoms with Gasteiger partial charge in [0.15, 0.2) is 6.17 Å². The van der Waals surface area contributed by atoms with Crippen LogP contribution in [0.25, 0.3) is 0 Å². The predicted molar refractivity (Wildman–Crippen MR) is 88.9 cm³/mol. The van der Waals surface area contributed by atoms with Gasteiger partial charge in [-0.1, -0.05) is 6.92 Å². The first-order valence-electron chi connectivity index (χ1n) is 9.10. The van der Waals surface area contributed by atoms with Crippen molar-refractivity contribution >= 4 is 8.56 Å². The first kappa shape index (κ1) is 31.2. The van der Waals surface area contributed by atoms with Crippen LogP contribution in [0.5, 0.6) is 0 Å². The summed E-state index contributed by atoms with van der Waals surface area (Å²) in [6, 6.07) is -1.25. The monoisotopic (exact) mass is 522 g/mol. The minimum atomic E-state index is -7.83. The number of halogens is 13. The Hall–Kier alpha value is -0.773. The Morgan fingerprint density at radius 3 is 1.16 bits per heavy atom. The van der Waals surface area contributed by atoms with Crippen molar-refractivity contribution in [3.8, 4) is 0 Å². The summed E-state index contributed by atoms with van der Waals surface area (Å²) in [5.41, 5.74) is -6.34. The summed E-state index contributed by atoms with van der Waals surface area (Å²) in [5.74, 6) is -37.1. The molecule has 0 fully saturated rings. The molecular formula is C16H23F13O2Si. The highest BCUT2D eigenvalue weighted by molar-refractivity contribution is 6.70. The van der Waals surface area contributed by atoms with Crippen LogP contribution in [-0.2, 0) is 8.85 Å². The molecule has 32 heavy (non-hydrogen) atoms. The molecule has 2 nitrogen and oxygen atoms in total. The highest BCUT2D eigenvalue weighted by Gasteiger charge is 2.93. The smallest absolute Gasteiger partial charge is 0.388 e. The molecule has 0 rings (SSSR count). The molecule has 0 aliphatic carbocycles. The molecule has 0 saturated carbocycles. The first-order valence-corrected chi connectivity index (χ1v) is 11.1. The molecule has 0 aromatic carbocycles. The highest BCUT2D eigenvalue weighted by atomic mass is 28.4. The van der Waals surface area contributed by atoms with Gasteiger partial charge < -0.3 is 8.85 Å². The van der Waals surface area contributed by atoms with Gasteiger partial charge in [0.2, 0.25) is 0 Å². The Morgan fingerprint density at radius 2 is 0.906 bits per heavy atom. The van der Waals surface area contributed by atoms with E-state index in [-0.39, 0.29) is 0 Å². The zero-order valence-electron chi connectivity index (χ0n) is 17.7. The van der Waals surface area contributed by atoms with Gasteiger partial charge in [0.05, 0.1) is 0 Å². The molecule has 0 bridgehead atoms. The fraction of sp³-hybridized carbons (Fsp3) is 1.00. The van der Waals surface area contributed by atoms with Crippen molar-refractivity contribution < 1.29 is 65.9 Å². The topological polar surface area (TPSA) is 18.5 Å². The zero-order chi connectivity index (χ0) is 26.4. The van der Waals surface area contributed by atoms with E-state index in [0.717, 1.165) is 27.7 Å². The van der Waals surface area contributed by atoms with E-state index in [0.29, 0.717) is 6.92 Å². The van der Waals surface area contributed by atoms with Crippen LogP contribution < -0.4 is 0 Å². The van der Waals surface area contributed by atoms with Crippen LogP contribution in [0.3, 0.4) is 0 Å². The highest BCUT2D eigenvalue weighted by Crippen LogP contribution is 2.62. The molecule has 0 aromatic heterocycles. The van der Waals surface area contributed by atoms with Crippen molar-refractivity contribution in [1.82, 2.24) is 0 Å². The standard InChI is InChI=1S/C16H23F13O2Si/c1-7-32(30-8(2)3,31-9(4)5)16(28,29)15(26,27)14(24,25)13(22,23)12(20,21)11(18,19)10(6)17/h8-10H,7H2,1-6H3. The summed E-state index contributed by atoms with van der Waals surface area (Å²) < 4.78 is 190. The summed E-state index contributed by atoms with van der Waals surface area (Å²) in [4.78, 5) is 0. The summed E-state index contributed by atoms with van der Waals surface area (Å²) >= 11 is 0. The third kappa shape index (κ3) is 4.46. The van der Waals surface area contributed by atoms with E-state index in [2.05, 4.69) is 8.85 Å². The SMILES string of the molecule is CC[Si](OC(C)C)(OC(C)C)C(F)(F)C(F)(F)C(F)(F)C(F)(F)C(F)(F)C(F)(F)C(C)F. The van der Waals surface area contributed by atoms with Gasteiger partial charge in [0, 0.05) is 12.2 Å². The molecule has 194 valence electrons. The van der Waals surface area contributed by atoms with E-state index in [1.165, 1.54) is 0 Å². The molecule has 0 spiro atoms. The molecule has 0 aliphatic heterocycles. The van der Waals surface area contributed by atoms with Crippen molar-refractivity contribution in [1.29, 1.82) is 0 Å². The Balaban J connectivity index is 6.94. The molecule has 0 saturated heterocycles. The Morgan fingerprint density at radius 1 is 0.594 bits per heavy atom. The molecule has 0 N–H and O–H groups in total. The third-order valence-corrected chi connectivity index (χ3v) is 8.20. The Labute approximate surface area is 176 Å². The molecule has 1 atom stereocenters. The van der Waals surface area contributed by atoms with Gasteiger partial charge in [-0.05, 0) is 40.7 Å². The first-order chi connectivity index (χ1) is 13.8. The molecule has 0 amide bonds. The van der Waals surface area contributed by atoms with Gasteiger partial charge in [-0.3, -0.25) is 0 Å². The van der Waals surface area contributed by atoms with Crippen LogP contribution in [0.2, 0.25) is 6.04 Å². The number of alkyl halides is 13. The maximum atomic E-state index is 14.9. The summed E-state index contributed by atoms with van der Waals surface area (Å²) in [6.45, 7) is 4.22. The molecule has 16 heteroatoms. The lowest BCUT2D eigenvalue weighted by atomic mass is 9.92. The largest absolute Gasteiger partial charge is 0.422 e. The van der Waals surface area contributed by atoms with Crippen LogP contribution in [0, 0.1) is 0 Å². The van der Waals surface area contributed by atoms with Gasteiger partial charge in [-0.15, -0.1) is 0 Å². The fourth-order valence-corrected chi connectivity index (χ4v) is 5.90. The van der Waals surface area contributed by atoms with Gasteiger partial charge in [0.1, 0.15) is 0 Å². The van der Waals surface area contributed by atoms with Crippen molar-refractivity contribution in [2.24, 2.45) is 0 Å².